The number of fused-ring (bicyclic) bond motifs is 1. The van der Waals surface area contributed by atoms with E-state index in [0.29, 0.717) is 22.4 Å². The first-order valence-electron chi connectivity index (χ1n) is 12.9. The van der Waals surface area contributed by atoms with Crippen LogP contribution in [0.25, 0.3) is 21.2 Å². The molecule has 0 saturated heterocycles. The van der Waals surface area contributed by atoms with E-state index in [4.69, 9.17) is 16.3 Å². The van der Waals surface area contributed by atoms with Crippen molar-refractivity contribution in [1.82, 2.24) is 9.88 Å². The third-order valence-corrected chi connectivity index (χ3v) is 9.24. The number of rotatable bonds is 6. The summed E-state index contributed by atoms with van der Waals surface area (Å²) in [4.78, 5) is 21.5. The summed E-state index contributed by atoms with van der Waals surface area (Å²) >= 11 is 8.27. The van der Waals surface area contributed by atoms with Crippen LogP contribution in [0.5, 0.6) is 5.75 Å². The maximum absolute atomic E-state index is 14.2. The van der Waals surface area contributed by atoms with E-state index in [9.17, 15) is 4.79 Å². The van der Waals surface area contributed by atoms with E-state index in [-0.39, 0.29) is 11.9 Å². The topological polar surface area (TPSA) is 42.4 Å². The van der Waals surface area contributed by atoms with Gasteiger partial charge in [0.2, 0.25) is 0 Å². The Morgan fingerprint density at radius 1 is 1.08 bits per heavy atom. The van der Waals surface area contributed by atoms with Crippen molar-refractivity contribution >= 4 is 38.9 Å². The van der Waals surface area contributed by atoms with Crippen molar-refractivity contribution in [2.24, 2.45) is 5.92 Å². The van der Waals surface area contributed by atoms with Gasteiger partial charge in [0.05, 0.1) is 12.1 Å². The molecule has 1 fully saturated rings. The van der Waals surface area contributed by atoms with Gasteiger partial charge in [-0.05, 0) is 75.3 Å². The minimum absolute atomic E-state index is 0.00592. The Labute approximate surface area is 228 Å². The second-order valence-electron chi connectivity index (χ2n) is 10.2. The van der Waals surface area contributed by atoms with Crippen molar-refractivity contribution in [2.75, 3.05) is 7.11 Å². The summed E-state index contributed by atoms with van der Waals surface area (Å²) in [5.41, 5.74) is 5.14. The molecule has 0 spiro atoms. The number of pyridine rings is 1. The standard InChI is InChI=1S/C31H33ClN2O2S/c1-19-9-13-24(14-10-19)34(31(35)30-29(32)26-7-5-6-8-28(26)37-30)18-23-17-22(12-16-27(23)36-4)25-15-11-20(2)33-21(25)3/h5-8,11-12,15-17,19,24H,9-10,13-14,18H2,1-4H3. The van der Waals surface area contributed by atoms with Crippen LogP contribution < -0.4 is 4.74 Å². The Kier molecular flexibility index (Phi) is 7.55. The number of benzene rings is 2. The molecule has 2 aromatic heterocycles. The molecule has 4 nitrogen and oxygen atoms in total. The number of methoxy groups -OCH3 is 1. The number of thiophene rings is 1. The van der Waals surface area contributed by atoms with Gasteiger partial charge >= 0.3 is 0 Å². The number of aromatic nitrogens is 1. The number of carbonyl (C=O) groups excluding carboxylic acids is 1. The van der Waals surface area contributed by atoms with Gasteiger partial charge in [0.15, 0.2) is 0 Å². The quantitative estimate of drug-likeness (QED) is 0.250. The summed E-state index contributed by atoms with van der Waals surface area (Å²) in [7, 11) is 1.69. The van der Waals surface area contributed by atoms with Crippen LogP contribution in [-0.2, 0) is 6.54 Å². The summed E-state index contributed by atoms with van der Waals surface area (Å²) in [5.74, 6) is 1.48. The summed E-state index contributed by atoms with van der Waals surface area (Å²) < 4.78 is 6.81. The number of carbonyl (C=O) groups is 1. The zero-order chi connectivity index (χ0) is 26.1. The summed E-state index contributed by atoms with van der Waals surface area (Å²) in [6.45, 7) is 6.81. The monoisotopic (exact) mass is 532 g/mol. The zero-order valence-corrected chi connectivity index (χ0v) is 23.5. The van der Waals surface area contributed by atoms with Crippen LogP contribution >= 0.6 is 22.9 Å². The van der Waals surface area contributed by atoms with Gasteiger partial charge in [-0.1, -0.05) is 48.9 Å². The highest BCUT2D eigenvalue weighted by Crippen LogP contribution is 2.39. The van der Waals surface area contributed by atoms with E-state index < -0.39 is 0 Å². The highest BCUT2D eigenvalue weighted by atomic mass is 35.5. The molecule has 1 aliphatic carbocycles. The fourth-order valence-electron chi connectivity index (χ4n) is 5.45. The second-order valence-corrected chi connectivity index (χ2v) is 11.6. The van der Waals surface area contributed by atoms with E-state index in [1.165, 1.54) is 11.3 Å². The normalized spacial score (nSPS) is 17.6. The number of hydrogen-bond acceptors (Lipinski definition) is 4. The molecule has 0 N–H and O–H groups in total. The molecule has 0 radical (unpaired) electrons. The van der Waals surface area contributed by atoms with E-state index in [1.807, 2.05) is 55.1 Å². The SMILES string of the molecule is COc1ccc(-c2ccc(C)nc2C)cc1CN(C(=O)c1sc2ccccc2c1Cl)C1CCC(C)CC1. The molecule has 0 atom stereocenters. The van der Waals surface area contributed by atoms with E-state index in [1.54, 1.807) is 7.11 Å². The minimum atomic E-state index is 0.00592. The molecule has 6 heteroatoms. The Balaban J connectivity index is 1.55. The van der Waals surface area contributed by atoms with Crippen LogP contribution in [0.1, 0.15) is 59.2 Å². The van der Waals surface area contributed by atoms with E-state index >= 15 is 0 Å². The highest BCUT2D eigenvalue weighted by molar-refractivity contribution is 7.21. The highest BCUT2D eigenvalue weighted by Gasteiger charge is 2.31. The average Bonchev–Trinajstić information content (AvgIpc) is 3.24. The molecule has 4 aromatic rings. The fourth-order valence-corrected chi connectivity index (χ4v) is 6.92. The van der Waals surface area contributed by atoms with Crippen molar-refractivity contribution in [3.05, 3.63) is 81.4 Å². The first-order chi connectivity index (χ1) is 17.9. The lowest BCUT2D eigenvalue weighted by molar-refractivity contribution is 0.0597. The molecule has 0 bridgehead atoms. The number of amides is 1. The van der Waals surface area contributed by atoms with Crippen LogP contribution in [-0.4, -0.2) is 28.9 Å². The van der Waals surface area contributed by atoms with E-state index in [2.05, 4.69) is 30.1 Å². The molecule has 37 heavy (non-hydrogen) atoms. The molecular weight excluding hydrogens is 500 g/mol. The van der Waals surface area contributed by atoms with Crippen LogP contribution in [0.15, 0.2) is 54.6 Å². The van der Waals surface area contributed by atoms with Gasteiger partial charge in [-0.25, -0.2) is 0 Å². The van der Waals surface area contributed by atoms with Crippen molar-refractivity contribution in [2.45, 2.75) is 59.0 Å². The Morgan fingerprint density at radius 3 is 2.54 bits per heavy atom. The fraction of sp³-hybridized carbons (Fsp3) is 0.355. The third-order valence-electron chi connectivity index (χ3n) is 7.57. The molecule has 1 amide bonds. The van der Waals surface area contributed by atoms with Gasteiger partial charge in [0.25, 0.3) is 5.91 Å². The van der Waals surface area contributed by atoms with Crippen LogP contribution in [0.4, 0.5) is 0 Å². The maximum atomic E-state index is 14.2. The molecule has 0 unspecified atom stereocenters. The van der Waals surface area contributed by atoms with Gasteiger partial charge < -0.3 is 9.64 Å². The number of halogens is 1. The number of hydrogen-bond donors (Lipinski definition) is 0. The van der Waals surface area contributed by atoms with Crippen molar-refractivity contribution < 1.29 is 9.53 Å². The first-order valence-corrected chi connectivity index (χ1v) is 14.1. The van der Waals surface area contributed by atoms with Gasteiger partial charge in [-0.2, -0.15) is 0 Å². The largest absolute Gasteiger partial charge is 0.496 e. The van der Waals surface area contributed by atoms with Crippen LogP contribution in [0.3, 0.4) is 0 Å². The second kappa shape index (κ2) is 10.8. The lowest BCUT2D eigenvalue weighted by atomic mass is 9.86. The predicted molar refractivity (Wildman–Crippen MR) is 154 cm³/mol. The summed E-state index contributed by atoms with van der Waals surface area (Å²) in [5, 5.41) is 1.50. The molecule has 0 aliphatic heterocycles. The molecule has 192 valence electrons. The zero-order valence-electron chi connectivity index (χ0n) is 21.9. The lowest BCUT2D eigenvalue weighted by Gasteiger charge is -2.36. The molecule has 2 heterocycles. The number of ether oxygens (including phenoxy) is 1. The molecule has 1 aliphatic rings. The maximum Gasteiger partial charge on any atom is 0.266 e. The van der Waals surface area contributed by atoms with Crippen LogP contribution in [0, 0.1) is 19.8 Å². The molecule has 1 saturated carbocycles. The van der Waals surface area contributed by atoms with Gasteiger partial charge in [-0.15, -0.1) is 11.3 Å². The van der Waals surface area contributed by atoms with Crippen molar-refractivity contribution in [1.29, 1.82) is 0 Å². The smallest absolute Gasteiger partial charge is 0.266 e. The van der Waals surface area contributed by atoms with Crippen molar-refractivity contribution in [3.63, 3.8) is 0 Å². The van der Waals surface area contributed by atoms with E-state index in [0.717, 1.165) is 69.6 Å². The van der Waals surface area contributed by atoms with Gasteiger partial charge in [0.1, 0.15) is 10.6 Å². The predicted octanol–water partition coefficient (Wildman–Crippen LogP) is 8.46. The Bertz CT molecular complexity index is 1440. The molecular formula is C31H33ClN2O2S. The number of aryl methyl sites for hydroxylation is 2. The summed E-state index contributed by atoms with van der Waals surface area (Å²) in [6, 6.07) is 18.5. The lowest BCUT2D eigenvalue weighted by Crippen LogP contribution is -2.41. The van der Waals surface area contributed by atoms with Crippen molar-refractivity contribution in [3.8, 4) is 16.9 Å². The molecule has 5 rings (SSSR count). The Morgan fingerprint density at radius 2 is 1.84 bits per heavy atom. The number of nitrogens with zero attached hydrogens (tertiary/aromatic N) is 2. The van der Waals surface area contributed by atoms with Crippen LogP contribution in [0.2, 0.25) is 5.02 Å². The minimum Gasteiger partial charge on any atom is -0.496 e. The third kappa shape index (κ3) is 5.25. The molecule has 2 aromatic carbocycles. The first kappa shape index (κ1) is 25.7. The average molecular weight is 533 g/mol. The summed E-state index contributed by atoms with van der Waals surface area (Å²) in [6.07, 6.45) is 4.25. The van der Waals surface area contributed by atoms with Gasteiger partial charge in [0, 0.05) is 45.2 Å². The Hall–Kier alpha value is -2.89. The van der Waals surface area contributed by atoms with Gasteiger partial charge in [-0.3, -0.25) is 9.78 Å².